The summed E-state index contributed by atoms with van der Waals surface area (Å²) in [5.74, 6) is 0.902. The summed E-state index contributed by atoms with van der Waals surface area (Å²) < 4.78 is 6.86. The molecule has 0 radical (unpaired) electrons. The summed E-state index contributed by atoms with van der Waals surface area (Å²) in [7, 11) is 0.669. The van der Waals surface area contributed by atoms with Gasteiger partial charge < -0.3 is 4.65 Å². The van der Waals surface area contributed by atoms with Gasteiger partial charge in [0.25, 0.3) is 0 Å². The van der Waals surface area contributed by atoms with Crippen molar-refractivity contribution in [2.75, 3.05) is 0 Å². The molecule has 3 rings (SSSR count). The van der Waals surface area contributed by atoms with Crippen molar-refractivity contribution in [2.45, 2.75) is 6.82 Å². The van der Waals surface area contributed by atoms with Gasteiger partial charge in [0.2, 0.25) is 0 Å². The molecule has 0 saturated heterocycles. The van der Waals surface area contributed by atoms with E-state index in [0.29, 0.717) is 7.48 Å². The first-order chi connectivity index (χ1) is 8.88. The molecule has 3 aromatic rings. The second-order valence-electron chi connectivity index (χ2n) is 3.92. The van der Waals surface area contributed by atoms with Gasteiger partial charge in [-0.25, -0.2) is 4.98 Å². The first-order valence-corrected chi connectivity index (χ1v) is 6.78. The molecule has 2 aromatic carbocycles. The fourth-order valence-electron chi connectivity index (χ4n) is 1.91. The van der Waals surface area contributed by atoms with Gasteiger partial charge in [-0.3, -0.25) is 0 Å². The van der Waals surface area contributed by atoms with Crippen molar-refractivity contribution in [3.05, 3.63) is 48.5 Å². The second-order valence-corrected chi connectivity index (χ2v) is 4.95. The van der Waals surface area contributed by atoms with Crippen LogP contribution in [0.1, 0.15) is 0 Å². The Morgan fingerprint density at radius 3 is 2.67 bits per heavy atom. The molecule has 0 aliphatic carbocycles. The topological polar surface area (TPSA) is 22.1 Å². The zero-order valence-electron chi connectivity index (χ0n) is 10.1. The van der Waals surface area contributed by atoms with Crippen LogP contribution in [0.5, 0.6) is 5.75 Å². The average Bonchev–Trinajstić information content (AvgIpc) is 2.83. The summed E-state index contributed by atoms with van der Waals surface area (Å²) in [5, 5.41) is 1.01. The van der Waals surface area contributed by atoms with E-state index in [1.54, 1.807) is 11.3 Å². The Morgan fingerprint density at radius 2 is 1.83 bits per heavy atom. The lowest BCUT2D eigenvalue weighted by molar-refractivity contribution is 0.602. The van der Waals surface area contributed by atoms with Crippen LogP contribution in [0.3, 0.4) is 0 Å². The molecular formula is C14H12BNOS. The summed E-state index contributed by atoms with van der Waals surface area (Å²) in [5.41, 5.74) is 2.12. The number of fused-ring (bicyclic) bond motifs is 1. The molecule has 0 aliphatic rings. The molecule has 0 atom stereocenters. The Kier molecular flexibility index (Phi) is 3.03. The Balaban J connectivity index is 2.13. The van der Waals surface area contributed by atoms with E-state index in [9.17, 15) is 0 Å². The van der Waals surface area contributed by atoms with Gasteiger partial charge >= 0.3 is 7.48 Å². The summed E-state index contributed by atoms with van der Waals surface area (Å²) in [4.78, 5) is 4.66. The second kappa shape index (κ2) is 4.82. The summed E-state index contributed by atoms with van der Waals surface area (Å²) in [6.07, 6.45) is 0. The lowest BCUT2D eigenvalue weighted by atomic mass is 10.1. The molecule has 2 nitrogen and oxygen atoms in total. The number of aromatic nitrogens is 1. The van der Waals surface area contributed by atoms with Gasteiger partial charge in [0.05, 0.1) is 15.8 Å². The minimum Gasteiger partial charge on any atom is -0.564 e. The van der Waals surface area contributed by atoms with E-state index in [1.165, 1.54) is 4.70 Å². The van der Waals surface area contributed by atoms with Crippen molar-refractivity contribution >= 4 is 29.0 Å². The molecule has 4 heteroatoms. The Labute approximate surface area is 111 Å². The highest BCUT2D eigenvalue weighted by Crippen LogP contribution is 2.35. The zero-order chi connectivity index (χ0) is 12.4. The van der Waals surface area contributed by atoms with Gasteiger partial charge in [0.1, 0.15) is 10.8 Å². The Hall–Kier alpha value is -1.81. The van der Waals surface area contributed by atoms with Crippen LogP contribution in [0, 0.1) is 0 Å². The number of rotatable bonds is 3. The minimum absolute atomic E-state index is 0.669. The number of hydrogen-bond donors (Lipinski definition) is 0. The number of thiazole rings is 1. The van der Waals surface area contributed by atoms with Gasteiger partial charge in [0.15, 0.2) is 0 Å². The molecule has 18 heavy (non-hydrogen) atoms. The molecule has 0 fully saturated rings. The molecule has 0 bridgehead atoms. The van der Waals surface area contributed by atoms with Crippen molar-refractivity contribution in [3.8, 4) is 16.3 Å². The quantitative estimate of drug-likeness (QED) is 0.663. The average molecular weight is 253 g/mol. The van der Waals surface area contributed by atoms with E-state index >= 15 is 0 Å². The highest BCUT2D eigenvalue weighted by Gasteiger charge is 2.10. The normalized spacial score (nSPS) is 10.5. The lowest BCUT2D eigenvalue weighted by Crippen LogP contribution is -1.97. The molecule has 1 heterocycles. The molecule has 88 valence electrons. The minimum atomic E-state index is 0.669. The molecular weight excluding hydrogens is 241 g/mol. The smallest absolute Gasteiger partial charge is 0.336 e. The summed E-state index contributed by atoms with van der Waals surface area (Å²) >= 11 is 1.70. The van der Waals surface area contributed by atoms with Crippen LogP contribution >= 0.6 is 11.3 Å². The van der Waals surface area contributed by atoms with Crippen LogP contribution in [0.2, 0.25) is 6.82 Å². The first kappa shape index (κ1) is 11.3. The van der Waals surface area contributed by atoms with Crippen molar-refractivity contribution < 1.29 is 4.65 Å². The fraction of sp³-hybridized carbons (Fsp3) is 0.0714. The van der Waals surface area contributed by atoms with Crippen LogP contribution in [0.25, 0.3) is 20.8 Å². The van der Waals surface area contributed by atoms with E-state index in [4.69, 9.17) is 4.65 Å². The molecule has 0 amide bonds. The highest BCUT2D eigenvalue weighted by molar-refractivity contribution is 7.21. The SMILES string of the molecule is CBOc1ccccc1-c1nc2ccccc2s1. The fourth-order valence-corrected chi connectivity index (χ4v) is 2.91. The first-order valence-electron chi connectivity index (χ1n) is 5.96. The molecule has 0 aliphatic heterocycles. The Bertz CT molecular complexity index is 647. The molecule has 0 spiro atoms. The number of hydrogen-bond acceptors (Lipinski definition) is 3. The van der Waals surface area contributed by atoms with Crippen molar-refractivity contribution in [2.24, 2.45) is 0 Å². The van der Waals surface area contributed by atoms with Gasteiger partial charge in [-0.15, -0.1) is 11.3 Å². The van der Waals surface area contributed by atoms with Crippen LogP contribution < -0.4 is 4.65 Å². The van der Waals surface area contributed by atoms with E-state index in [-0.39, 0.29) is 0 Å². The number of para-hydroxylation sites is 2. The van der Waals surface area contributed by atoms with Crippen LogP contribution in [0.15, 0.2) is 48.5 Å². The maximum atomic E-state index is 5.65. The van der Waals surface area contributed by atoms with Crippen molar-refractivity contribution in [1.82, 2.24) is 4.98 Å². The van der Waals surface area contributed by atoms with Crippen LogP contribution in [-0.4, -0.2) is 12.5 Å². The zero-order valence-corrected chi connectivity index (χ0v) is 10.9. The Morgan fingerprint density at radius 1 is 1.06 bits per heavy atom. The highest BCUT2D eigenvalue weighted by atomic mass is 32.1. The third-order valence-electron chi connectivity index (χ3n) is 2.71. The maximum Gasteiger partial charge on any atom is 0.336 e. The molecule has 0 saturated carbocycles. The van der Waals surface area contributed by atoms with Crippen molar-refractivity contribution in [3.63, 3.8) is 0 Å². The summed E-state index contributed by atoms with van der Waals surface area (Å²) in [6.45, 7) is 2.00. The van der Waals surface area contributed by atoms with Gasteiger partial charge in [0, 0.05) is 0 Å². The lowest BCUT2D eigenvalue weighted by Gasteiger charge is -2.07. The standard InChI is InChI=1S/C14H12BNOS/c1-15-17-12-8-4-2-6-10(12)14-16-11-7-3-5-9-13(11)18-14/h2-9,15H,1H3. The number of nitrogens with zero attached hydrogens (tertiary/aromatic N) is 1. The predicted octanol–water partition coefficient (Wildman–Crippen LogP) is 3.74. The van der Waals surface area contributed by atoms with E-state index in [1.807, 2.05) is 43.2 Å². The van der Waals surface area contributed by atoms with E-state index < -0.39 is 0 Å². The van der Waals surface area contributed by atoms with E-state index in [2.05, 4.69) is 17.1 Å². The van der Waals surface area contributed by atoms with Gasteiger partial charge in [-0.1, -0.05) is 31.1 Å². The van der Waals surface area contributed by atoms with Gasteiger partial charge in [-0.2, -0.15) is 0 Å². The molecule has 0 unspecified atom stereocenters. The largest absolute Gasteiger partial charge is 0.564 e. The monoisotopic (exact) mass is 253 g/mol. The summed E-state index contributed by atoms with van der Waals surface area (Å²) in [6, 6.07) is 16.2. The maximum absolute atomic E-state index is 5.65. The van der Waals surface area contributed by atoms with Crippen LogP contribution in [0.4, 0.5) is 0 Å². The third kappa shape index (κ3) is 2.00. The molecule has 0 N–H and O–H groups in total. The molecule has 1 aromatic heterocycles. The van der Waals surface area contributed by atoms with E-state index in [0.717, 1.165) is 21.8 Å². The van der Waals surface area contributed by atoms with Crippen LogP contribution in [-0.2, 0) is 0 Å². The van der Waals surface area contributed by atoms with Crippen molar-refractivity contribution in [1.29, 1.82) is 0 Å². The third-order valence-corrected chi connectivity index (χ3v) is 3.78. The number of benzene rings is 2. The predicted molar refractivity (Wildman–Crippen MR) is 78.7 cm³/mol. The van der Waals surface area contributed by atoms with Gasteiger partial charge in [-0.05, 0) is 24.3 Å².